The predicted octanol–water partition coefficient (Wildman–Crippen LogP) is 4.09. The second-order valence-electron chi connectivity index (χ2n) is 6.59. The van der Waals surface area contributed by atoms with Crippen molar-refractivity contribution in [3.8, 4) is 11.3 Å². The first-order valence-corrected chi connectivity index (χ1v) is 8.92. The van der Waals surface area contributed by atoms with Gasteiger partial charge in [-0.25, -0.2) is 0 Å². The van der Waals surface area contributed by atoms with Gasteiger partial charge in [-0.1, -0.05) is 23.8 Å². The van der Waals surface area contributed by atoms with Gasteiger partial charge in [-0.2, -0.15) is 0 Å². The third-order valence-electron chi connectivity index (χ3n) is 4.52. The number of nitrogens with zero attached hydrogens (tertiary/aromatic N) is 1. The minimum absolute atomic E-state index is 0.0841. The number of rotatable bonds is 4. The molecule has 0 radical (unpaired) electrons. The zero-order valence-electron chi connectivity index (χ0n) is 15.3. The third-order valence-corrected chi connectivity index (χ3v) is 4.52. The van der Waals surface area contributed by atoms with Crippen LogP contribution >= 0.6 is 0 Å². The largest absolute Gasteiger partial charge is 0.456 e. The molecule has 2 aromatic heterocycles. The van der Waals surface area contributed by atoms with Crippen molar-refractivity contribution in [2.45, 2.75) is 13.5 Å². The molecule has 0 atom stereocenters. The number of aromatic nitrogens is 1. The van der Waals surface area contributed by atoms with E-state index in [9.17, 15) is 9.59 Å². The molecule has 2 aromatic carbocycles. The van der Waals surface area contributed by atoms with Crippen LogP contribution in [0.5, 0.6) is 0 Å². The Balaban J connectivity index is 1.54. The lowest BCUT2D eigenvalue weighted by molar-refractivity contribution is 0.0951. The molecule has 0 fully saturated rings. The normalized spacial score (nSPS) is 10.8. The highest BCUT2D eigenvalue weighted by atomic mass is 16.3. The van der Waals surface area contributed by atoms with Gasteiger partial charge in [0.05, 0.1) is 5.39 Å². The highest BCUT2D eigenvalue weighted by Crippen LogP contribution is 2.23. The van der Waals surface area contributed by atoms with Gasteiger partial charge in [-0.15, -0.1) is 0 Å². The molecule has 0 aliphatic heterocycles. The monoisotopic (exact) mass is 370 g/mol. The lowest BCUT2D eigenvalue weighted by atomic mass is 10.1. The highest BCUT2D eigenvalue weighted by Gasteiger charge is 2.09. The number of carbonyl (C=O) groups excluding carboxylic acids is 1. The standard InChI is InChI=1S/C23H18N2O3/c1-15-2-7-21-19(12-15)20(26)13-22(28-21)17-3-5-18(6-4-17)23(27)25-14-16-8-10-24-11-9-16/h2-13H,14H2,1H3,(H,25,27). The molecule has 5 heteroatoms. The second kappa shape index (κ2) is 7.48. The van der Waals surface area contributed by atoms with Crippen molar-refractivity contribution in [3.05, 3.63) is 100.0 Å². The van der Waals surface area contributed by atoms with Crippen LogP contribution in [0.2, 0.25) is 0 Å². The van der Waals surface area contributed by atoms with Gasteiger partial charge in [-0.3, -0.25) is 14.6 Å². The average Bonchev–Trinajstić information content (AvgIpc) is 2.73. The summed E-state index contributed by atoms with van der Waals surface area (Å²) in [5, 5.41) is 3.44. The summed E-state index contributed by atoms with van der Waals surface area (Å²) in [6.07, 6.45) is 3.38. The van der Waals surface area contributed by atoms with Crippen molar-refractivity contribution in [2.24, 2.45) is 0 Å². The van der Waals surface area contributed by atoms with Crippen molar-refractivity contribution in [3.63, 3.8) is 0 Å². The number of amides is 1. The lowest BCUT2D eigenvalue weighted by Crippen LogP contribution is -2.22. The van der Waals surface area contributed by atoms with Gasteiger partial charge in [0.25, 0.3) is 5.91 Å². The maximum atomic E-state index is 12.4. The molecule has 0 saturated heterocycles. The second-order valence-corrected chi connectivity index (χ2v) is 6.59. The summed E-state index contributed by atoms with van der Waals surface area (Å²) in [5.74, 6) is 0.309. The number of aryl methyl sites for hydroxylation is 1. The minimum Gasteiger partial charge on any atom is -0.456 e. The van der Waals surface area contributed by atoms with Gasteiger partial charge in [0.2, 0.25) is 0 Å². The van der Waals surface area contributed by atoms with E-state index in [0.29, 0.717) is 28.8 Å². The molecule has 4 rings (SSSR count). The van der Waals surface area contributed by atoms with Gasteiger partial charge < -0.3 is 9.73 Å². The van der Waals surface area contributed by atoms with Gasteiger partial charge in [-0.05, 0) is 48.9 Å². The maximum Gasteiger partial charge on any atom is 0.251 e. The van der Waals surface area contributed by atoms with Crippen LogP contribution in [-0.4, -0.2) is 10.9 Å². The van der Waals surface area contributed by atoms with Crippen LogP contribution in [0.4, 0.5) is 0 Å². The molecule has 1 N–H and O–H groups in total. The fraction of sp³-hybridized carbons (Fsp3) is 0.0870. The molecule has 0 saturated carbocycles. The highest BCUT2D eigenvalue weighted by molar-refractivity contribution is 5.94. The minimum atomic E-state index is -0.168. The molecule has 0 unspecified atom stereocenters. The predicted molar refractivity (Wildman–Crippen MR) is 108 cm³/mol. The van der Waals surface area contributed by atoms with Gasteiger partial charge in [0.1, 0.15) is 11.3 Å². The van der Waals surface area contributed by atoms with E-state index in [-0.39, 0.29) is 11.3 Å². The molecule has 1 amide bonds. The Kier molecular flexibility index (Phi) is 4.72. The van der Waals surface area contributed by atoms with E-state index < -0.39 is 0 Å². The molecular formula is C23H18N2O3. The van der Waals surface area contributed by atoms with Crippen LogP contribution in [0.25, 0.3) is 22.3 Å². The first kappa shape index (κ1) is 17.7. The Labute approximate surface area is 161 Å². The Bertz CT molecular complexity index is 1200. The summed E-state index contributed by atoms with van der Waals surface area (Å²) in [7, 11) is 0. The zero-order valence-corrected chi connectivity index (χ0v) is 15.3. The number of hydrogen-bond acceptors (Lipinski definition) is 4. The van der Waals surface area contributed by atoms with Crippen LogP contribution in [0, 0.1) is 6.92 Å². The number of pyridine rings is 1. The van der Waals surface area contributed by atoms with E-state index in [1.807, 2.05) is 31.2 Å². The number of hydrogen-bond donors (Lipinski definition) is 1. The summed E-state index contributed by atoms with van der Waals surface area (Å²) < 4.78 is 5.88. The van der Waals surface area contributed by atoms with Gasteiger partial charge in [0.15, 0.2) is 5.43 Å². The van der Waals surface area contributed by atoms with Crippen molar-refractivity contribution < 1.29 is 9.21 Å². The van der Waals surface area contributed by atoms with Crippen LogP contribution in [0.3, 0.4) is 0 Å². The zero-order chi connectivity index (χ0) is 19.5. The molecule has 0 bridgehead atoms. The molecule has 138 valence electrons. The summed E-state index contributed by atoms with van der Waals surface area (Å²) in [4.78, 5) is 28.7. The Morgan fingerprint density at radius 1 is 1.00 bits per heavy atom. The number of fused-ring (bicyclic) bond motifs is 1. The van der Waals surface area contributed by atoms with Crippen molar-refractivity contribution in [1.82, 2.24) is 10.3 Å². The van der Waals surface area contributed by atoms with Crippen LogP contribution in [0.1, 0.15) is 21.5 Å². The molecule has 28 heavy (non-hydrogen) atoms. The number of benzene rings is 2. The molecule has 0 spiro atoms. The number of carbonyl (C=O) groups is 1. The van der Waals surface area contributed by atoms with E-state index in [4.69, 9.17) is 4.42 Å². The molecule has 4 aromatic rings. The fourth-order valence-electron chi connectivity index (χ4n) is 2.98. The Hall–Kier alpha value is -3.73. The SMILES string of the molecule is Cc1ccc2oc(-c3ccc(C(=O)NCc4ccncc4)cc3)cc(=O)c2c1. The average molecular weight is 370 g/mol. The van der Waals surface area contributed by atoms with Crippen LogP contribution in [0.15, 0.2) is 82.3 Å². The number of nitrogens with one attached hydrogen (secondary N) is 1. The summed E-state index contributed by atoms with van der Waals surface area (Å²) in [6, 6.07) is 17.7. The van der Waals surface area contributed by atoms with Gasteiger partial charge >= 0.3 is 0 Å². The van der Waals surface area contributed by atoms with E-state index in [1.165, 1.54) is 6.07 Å². The van der Waals surface area contributed by atoms with Crippen molar-refractivity contribution >= 4 is 16.9 Å². The molecule has 0 aliphatic carbocycles. The fourth-order valence-corrected chi connectivity index (χ4v) is 2.98. The molecular weight excluding hydrogens is 352 g/mol. The lowest BCUT2D eigenvalue weighted by Gasteiger charge is -2.07. The summed E-state index contributed by atoms with van der Waals surface area (Å²) >= 11 is 0. The van der Waals surface area contributed by atoms with E-state index in [0.717, 1.165) is 16.7 Å². The summed E-state index contributed by atoms with van der Waals surface area (Å²) in [6.45, 7) is 2.37. The quantitative estimate of drug-likeness (QED) is 0.587. The topological polar surface area (TPSA) is 72.2 Å². The maximum absolute atomic E-state index is 12.4. The van der Waals surface area contributed by atoms with E-state index in [2.05, 4.69) is 10.3 Å². The third kappa shape index (κ3) is 3.69. The Morgan fingerprint density at radius 3 is 2.50 bits per heavy atom. The van der Waals surface area contributed by atoms with Crippen LogP contribution < -0.4 is 10.7 Å². The van der Waals surface area contributed by atoms with Crippen LogP contribution in [-0.2, 0) is 6.54 Å². The summed E-state index contributed by atoms with van der Waals surface area (Å²) in [5.41, 5.74) is 3.73. The smallest absolute Gasteiger partial charge is 0.251 e. The first-order chi connectivity index (χ1) is 13.6. The van der Waals surface area contributed by atoms with Crippen molar-refractivity contribution in [1.29, 1.82) is 0 Å². The first-order valence-electron chi connectivity index (χ1n) is 8.92. The molecule has 5 nitrogen and oxygen atoms in total. The van der Waals surface area contributed by atoms with Gasteiger partial charge in [0, 0.05) is 36.1 Å². The van der Waals surface area contributed by atoms with Crippen molar-refractivity contribution in [2.75, 3.05) is 0 Å². The van der Waals surface area contributed by atoms with E-state index in [1.54, 1.807) is 42.7 Å². The molecule has 2 heterocycles. The Morgan fingerprint density at radius 2 is 1.75 bits per heavy atom. The van der Waals surface area contributed by atoms with E-state index >= 15 is 0 Å². The molecule has 0 aliphatic rings.